The molecule has 0 saturated carbocycles. The van der Waals surface area contributed by atoms with E-state index >= 15 is 0 Å². The van der Waals surface area contributed by atoms with Crippen LogP contribution in [0.25, 0.3) is 10.8 Å². The van der Waals surface area contributed by atoms with Crippen LogP contribution in [0.2, 0.25) is 0 Å². The largest absolute Gasteiger partial charge is 0.550 e. The summed E-state index contributed by atoms with van der Waals surface area (Å²) in [5.41, 5.74) is 1.67. The van der Waals surface area contributed by atoms with Crippen LogP contribution in [-0.2, 0) is 26.7 Å². The zero-order chi connectivity index (χ0) is 28.6. The summed E-state index contributed by atoms with van der Waals surface area (Å²) in [6, 6.07) is 32.0. The molecule has 0 bridgehead atoms. The molecule has 4 rings (SSSR count). The van der Waals surface area contributed by atoms with Crippen LogP contribution < -0.4 is 5.11 Å². The van der Waals surface area contributed by atoms with Gasteiger partial charge in [0.2, 0.25) is 0 Å². The number of carbonyl (C=O) groups is 1. The van der Waals surface area contributed by atoms with E-state index in [1.165, 1.54) is 12.1 Å². The van der Waals surface area contributed by atoms with Gasteiger partial charge in [0.1, 0.15) is 0 Å². The Morgan fingerprint density at radius 1 is 0.846 bits per heavy atom. The van der Waals surface area contributed by atoms with Crippen molar-refractivity contribution in [3.63, 3.8) is 0 Å². The molecular weight excluding hydrogens is 510 g/mol. The van der Waals surface area contributed by atoms with Crippen molar-refractivity contribution in [3.8, 4) is 0 Å². The summed E-state index contributed by atoms with van der Waals surface area (Å²) < 4.78 is 30.5. The first-order chi connectivity index (χ1) is 18.4. The summed E-state index contributed by atoms with van der Waals surface area (Å²) in [5, 5.41) is 13.7. The van der Waals surface area contributed by atoms with E-state index in [-0.39, 0.29) is 10.8 Å². The minimum absolute atomic E-state index is 0.0730. The molecule has 0 aromatic heterocycles. The lowest BCUT2D eigenvalue weighted by atomic mass is 9.60. The van der Waals surface area contributed by atoms with Gasteiger partial charge in [0.15, 0.2) is 0 Å². The van der Waals surface area contributed by atoms with Crippen LogP contribution >= 0.6 is 0 Å². The van der Waals surface area contributed by atoms with Crippen molar-refractivity contribution in [2.75, 3.05) is 20.6 Å². The van der Waals surface area contributed by atoms with E-state index in [9.17, 15) is 18.3 Å². The number of fused-ring (bicyclic) bond motifs is 1. The average molecular weight is 547 g/mol. The van der Waals surface area contributed by atoms with E-state index in [4.69, 9.17) is 4.55 Å². The van der Waals surface area contributed by atoms with Crippen LogP contribution in [0.3, 0.4) is 0 Å². The molecule has 0 spiro atoms. The number of carboxylic acid groups (broad SMARTS) is 1. The lowest BCUT2D eigenvalue weighted by Crippen LogP contribution is -2.51. The molecule has 4 aromatic rings. The van der Waals surface area contributed by atoms with Crippen molar-refractivity contribution < 1.29 is 22.9 Å². The highest BCUT2D eigenvalue weighted by Gasteiger charge is 2.43. The molecule has 0 saturated heterocycles. The second-order valence-electron chi connectivity index (χ2n) is 10.3. The molecular formula is C32H36NO5S-. The normalized spacial score (nSPS) is 14.6. The lowest BCUT2D eigenvalue weighted by molar-refractivity contribution is -0.314. The van der Waals surface area contributed by atoms with E-state index in [1.807, 2.05) is 68.7 Å². The standard InChI is InChI=1S/C22H29NO2.C10H8O3S/c1-17(16-23(3)4)22(18(2)21(24)25,20-13-9-6-10-14-20)15-19-11-7-5-8-12-19;11-14(12,13)10-6-5-8-3-1-2-4-9(8)7-10/h5-14,17-18H,15-16H2,1-4H3,(H,24,25);1-7H,(H,11,12,13)/p-1. The van der Waals surface area contributed by atoms with Gasteiger partial charge in [-0.2, -0.15) is 8.42 Å². The number of hydrogen-bond donors (Lipinski definition) is 1. The second-order valence-corrected chi connectivity index (χ2v) is 11.7. The molecule has 0 aliphatic rings. The maximum atomic E-state index is 12.0. The van der Waals surface area contributed by atoms with Gasteiger partial charge in [0.25, 0.3) is 10.1 Å². The van der Waals surface area contributed by atoms with Crippen molar-refractivity contribution >= 4 is 26.9 Å². The fourth-order valence-corrected chi connectivity index (χ4v) is 5.84. The van der Waals surface area contributed by atoms with Crippen LogP contribution in [0, 0.1) is 11.8 Å². The molecule has 6 nitrogen and oxygen atoms in total. The quantitative estimate of drug-likeness (QED) is 0.302. The third kappa shape index (κ3) is 7.53. The summed E-state index contributed by atoms with van der Waals surface area (Å²) in [5.74, 6) is -1.46. The van der Waals surface area contributed by atoms with Crippen molar-refractivity contribution in [2.24, 2.45) is 11.8 Å². The highest BCUT2D eigenvalue weighted by Crippen LogP contribution is 2.43. The topological polar surface area (TPSA) is 97.7 Å². The minimum Gasteiger partial charge on any atom is -0.550 e. The molecule has 0 radical (unpaired) electrons. The average Bonchev–Trinajstić information content (AvgIpc) is 2.91. The Bertz CT molecular complexity index is 1470. The monoisotopic (exact) mass is 546 g/mol. The molecule has 1 N–H and O–H groups in total. The van der Waals surface area contributed by atoms with Gasteiger partial charge >= 0.3 is 0 Å². The molecule has 0 amide bonds. The van der Waals surface area contributed by atoms with Crippen molar-refractivity contribution in [2.45, 2.75) is 30.6 Å². The summed E-state index contributed by atoms with van der Waals surface area (Å²) >= 11 is 0. The first-order valence-corrected chi connectivity index (χ1v) is 14.3. The van der Waals surface area contributed by atoms with Crippen LogP contribution in [-0.4, -0.2) is 44.5 Å². The molecule has 0 aliphatic carbocycles. The van der Waals surface area contributed by atoms with Crippen LogP contribution in [0.5, 0.6) is 0 Å². The number of carboxylic acids is 1. The number of hydrogen-bond acceptors (Lipinski definition) is 5. The van der Waals surface area contributed by atoms with Gasteiger partial charge in [0.05, 0.1) is 4.90 Å². The van der Waals surface area contributed by atoms with Gasteiger partial charge in [0, 0.05) is 23.8 Å². The Morgan fingerprint density at radius 2 is 1.38 bits per heavy atom. The molecule has 3 unspecified atom stereocenters. The summed E-state index contributed by atoms with van der Waals surface area (Å²) in [6.07, 6.45) is 0.669. The number of benzene rings is 4. The van der Waals surface area contributed by atoms with E-state index in [2.05, 4.69) is 36.1 Å². The zero-order valence-electron chi connectivity index (χ0n) is 22.8. The number of aliphatic carboxylic acids is 1. The fraction of sp³-hybridized carbons (Fsp3) is 0.281. The first kappa shape index (κ1) is 30.0. The first-order valence-electron chi connectivity index (χ1n) is 12.9. The Hall–Kier alpha value is -3.52. The van der Waals surface area contributed by atoms with Gasteiger partial charge in [-0.05, 0) is 60.5 Å². The van der Waals surface area contributed by atoms with Crippen molar-refractivity contribution in [1.29, 1.82) is 0 Å². The summed E-state index contributed by atoms with van der Waals surface area (Å²) in [4.78, 5) is 14.0. The molecule has 0 aliphatic heterocycles. The maximum absolute atomic E-state index is 12.0. The molecule has 7 heteroatoms. The van der Waals surface area contributed by atoms with E-state index in [0.29, 0.717) is 6.42 Å². The van der Waals surface area contributed by atoms with Gasteiger partial charge in [-0.1, -0.05) is 105 Å². The number of carbonyl (C=O) groups excluding carboxylic acids is 1. The molecule has 0 heterocycles. The molecule has 4 aromatic carbocycles. The molecule has 3 atom stereocenters. The van der Waals surface area contributed by atoms with Gasteiger partial charge in [-0.25, -0.2) is 0 Å². The Kier molecular flexibility index (Phi) is 10.0. The van der Waals surface area contributed by atoms with Crippen molar-refractivity contribution in [3.05, 3.63) is 114 Å². The van der Waals surface area contributed by atoms with E-state index < -0.39 is 27.4 Å². The maximum Gasteiger partial charge on any atom is 0.294 e. The highest BCUT2D eigenvalue weighted by atomic mass is 32.2. The lowest BCUT2D eigenvalue weighted by Gasteiger charge is -2.46. The Labute approximate surface area is 231 Å². The van der Waals surface area contributed by atoms with Crippen molar-refractivity contribution in [1.82, 2.24) is 4.90 Å². The summed E-state index contributed by atoms with van der Waals surface area (Å²) in [7, 11) is -0.0418. The number of nitrogens with zero attached hydrogens (tertiary/aromatic N) is 1. The van der Waals surface area contributed by atoms with E-state index in [0.717, 1.165) is 28.4 Å². The third-order valence-corrected chi connectivity index (χ3v) is 8.16. The predicted molar refractivity (Wildman–Crippen MR) is 154 cm³/mol. The third-order valence-electron chi connectivity index (χ3n) is 7.31. The SMILES string of the molecule is CC(CN(C)C)C(Cc1ccccc1)(c1ccccc1)C(C)C(=O)[O-].O=S(=O)(O)c1ccc2ccccc2c1. The van der Waals surface area contributed by atoms with Gasteiger partial charge in [-0.15, -0.1) is 0 Å². The highest BCUT2D eigenvalue weighted by molar-refractivity contribution is 7.85. The van der Waals surface area contributed by atoms with Crippen LogP contribution in [0.15, 0.2) is 108 Å². The molecule has 39 heavy (non-hydrogen) atoms. The van der Waals surface area contributed by atoms with Gasteiger partial charge < -0.3 is 14.8 Å². The molecule has 0 fully saturated rings. The Balaban J connectivity index is 0.000000252. The smallest absolute Gasteiger partial charge is 0.294 e. The predicted octanol–water partition coefficient (Wildman–Crippen LogP) is 4.84. The second kappa shape index (κ2) is 13.0. The van der Waals surface area contributed by atoms with Gasteiger partial charge in [-0.3, -0.25) is 4.55 Å². The number of rotatable bonds is 9. The molecule has 206 valence electrons. The zero-order valence-corrected chi connectivity index (χ0v) is 23.6. The Morgan fingerprint density at radius 3 is 1.92 bits per heavy atom. The van der Waals surface area contributed by atoms with Crippen LogP contribution in [0.4, 0.5) is 0 Å². The van der Waals surface area contributed by atoms with Crippen LogP contribution in [0.1, 0.15) is 25.0 Å². The summed E-state index contributed by atoms with van der Waals surface area (Å²) in [6.45, 7) is 4.74. The van der Waals surface area contributed by atoms with E-state index in [1.54, 1.807) is 19.1 Å². The minimum atomic E-state index is -4.09. The fourth-order valence-electron chi connectivity index (χ4n) is 5.32.